The molecule has 1 aromatic carbocycles. The molecule has 1 fully saturated rings. The van der Waals surface area contributed by atoms with Gasteiger partial charge in [-0.25, -0.2) is 4.39 Å². The maximum Gasteiger partial charge on any atom is 0.139 e. The molecule has 2 rings (SSSR count). The molecule has 0 unspecified atom stereocenters. The normalized spacial score (nSPS) is 16.3. The van der Waals surface area contributed by atoms with Crippen molar-refractivity contribution < 1.29 is 13.9 Å². The number of Topliss-reactive ketones (excluding diaryl/α,β-unsaturated/α-hetero) is 1. The lowest BCUT2D eigenvalue weighted by atomic mass is 10.1. The number of benzene rings is 1. The molecule has 0 saturated carbocycles. The summed E-state index contributed by atoms with van der Waals surface area (Å²) in [5.41, 5.74) is 0.540. The molecule has 1 aliphatic rings. The summed E-state index contributed by atoms with van der Waals surface area (Å²) in [7, 11) is 0. The van der Waals surface area contributed by atoms with Crippen molar-refractivity contribution in [2.75, 3.05) is 19.7 Å². The van der Waals surface area contributed by atoms with Crippen LogP contribution in [0.2, 0.25) is 5.02 Å². The first-order chi connectivity index (χ1) is 9.65. The molecule has 0 bridgehead atoms. The molecular formula is C15H19ClFNO2. The molecule has 1 saturated heterocycles. The van der Waals surface area contributed by atoms with Crippen LogP contribution in [0.25, 0.3) is 0 Å². The summed E-state index contributed by atoms with van der Waals surface area (Å²) >= 11 is 5.94. The molecule has 1 aromatic rings. The number of rotatable bonds is 6. The highest BCUT2D eigenvalue weighted by atomic mass is 35.5. The zero-order valence-corrected chi connectivity index (χ0v) is 12.1. The third-order valence-corrected chi connectivity index (χ3v) is 3.78. The van der Waals surface area contributed by atoms with Gasteiger partial charge in [0, 0.05) is 17.9 Å². The van der Waals surface area contributed by atoms with Gasteiger partial charge >= 0.3 is 0 Å². The van der Waals surface area contributed by atoms with Crippen molar-refractivity contribution in [2.24, 2.45) is 0 Å². The lowest BCUT2D eigenvalue weighted by Gasteiger charge is -2.22. The Morgan fingerprint density at radius 3 is 2.90 bits per heavy atom. The predicted octanol–water partition coefficient (Wildman–Crippen LogP) is 2.75. The van der Waals surface area contributed by atoms with Gasteiger partial charge in [0.05, 0.1) is 12.7 Å². The fraction of sp³-hybridized carbons (Fsp3) is 0.533. The van der Waals surface area contributed by atoms with Crippen LogP contribution in [0, 0.1) is 5.82 Å². The number of carbonyl (C=O) groups is 1. The van der Waals surface area contributed by atoms with Gasteiger partial charge in [-0.15, -0.1) is 0 Å². The van der Waals surface area contributed by atoms with E-state index < -0.39 is 0 Å². The Hall–Kier alpha value is -0.970. The van der Waals surface area contributed by atoms with Crippen LogP contribution in [0.15, 0.2) is 18.2 Å². The molecule has 0 atom stereocenters. The number of ether oxygens (including phenoxy) is 1. The van der Waals surface area contributed by atoms with Crippen LogP contribution in [0.5, 0.6) is 0 Å². The molecule has 1 heterocycles. The smallest absolute Gasteiger partial charge is 0.139 e. The minimum atomic E-state index is -0.372. The van der Waals surface area contributed by atoms with Crippen LogP contribution in [-0.4, -0.2) is 31.6 Å². The third-order valence-electron chi connectivity index (χ3n) is 3.42. The Labute approximate surface area is 123 Å². The van der Waals surface area contributed by atoms with Crippen LogP contribution < -0.4 is 5.32 Å². The van der Waals surface area contributed by atoms with E-state index in [-0.39, 0.29) is 24.1 Å². The van der Waals surface area contributed by atoms with Crippen LogP contribution in [-0.2, 0) is 16.0 Å². The van der Waals surface area contributed by atoms with Gasteiger partial charge in [0.15, 0.2) is 0 Å². The van der Waals surface area contributed by atoms with Crippen LogP contribution in [0.3, 0.4) is 0 Å². The zero-order valence-electron chi connectivity index (χ0n) is 11.3. The Bertz CT molecular complexity index is 461. The van der Waals surface area contributed by atoms with E-state index in [1.807, 2.05) is 0 Å². The van der Waals surface area contributed by atoms with Crippen LogP contribution in [0.1, 0.15) is 24.8 Å². The van der Waals surface area contributed by atoms with Crippen LogP contribution in [0.4, 0.5) is 4.39 Å². The number of hydrogen-bond acceptors (Lipinski definition) is 3. The van der Waals surface area contributed by atoms with E-state index in [0.717, 1.165) is 25.9 Å². The fourth-order valence-electron chi connectivity index (χ4n) is 2.28. The number of halogens is 2. The Balaban J connectivity index is 1.73. The average Bonchev–Trinajstić information content (AvgIpc) is 2.44. The molecule has 1 aliphatic heterocycles. The minimum absolute atomic E-state index is 0.0198. The summed E-state index contributed by atoms with van der Waals surface area (Å²) in [6.45, 7) is 2.37. The summed E-state index contributed by atoms with van der Waals surface area (Å²) in [5, 5.41) is 3.69. The lowest BCUT2D eigenvalue weighted by molar-refractivity contribution is -0.120. The second kappa shape index (κ2) is 7.72. The van der Waals surface area contributed by atoms with E-state index >= 15 is 0 Å². The topological polar surface area (TPSA) is 38.3 Å². The molecule has 0 aliphatic carbocycles. The van der Waals surface area contributed by atoms with Gasteiger partial charge in [0.2, 0.25) is 0 Å². The first-order valence-corrected chi connectivity index (χ1v) is 7.31. The lowest BCUT2D eigenvalue weighted by Crippen LogP contribution is -2.32. The third kappa shape index (κ3) is 4.85. The van der Waals surface area contributed by atoms with E-state index in [1.165, 1.54) is 18.2 Å². The number of piperidine rings is 1. The van der Waals surface area contributed by atoms with Crippen molar-refractivity contribution in [1.82, 2.24) is 5.32 Å². The van der Waals surface area contributed by atoms with Crippen molar-refractivity contribution in [3.8, 4) is 0 Å². The average molecular weight is 300 g/mol. The summed E-state index contributed by atoms with van der Waals surface area (Å²) in [5.74, 6) is -0.352. The van der Waals surface area contributed by atoms with Gasteiger partial charge in [-0.2, -0.15) is 0 Å². The monoisotopic (exact) mass is 299 g/mol. The molecule has 20 heavy (non-hydrogen) atoms. The van der Waals surface area contributed by atoms with E-state index in [1.54, 1.807) is 0 Å². The fourth-order valence-corrected chi connectivity index (χ4v) is 2.47. The SMILES string of the molecule is O=C(CCOC1CCNCC1)Cc1cc(F)ccc1Cl. The highest BCUT2D eigenvalue weighted by Crippen LogP contribution is 2.18. The van der Waals surface area contributed by atoms with Crippen molar-refractivity contribution in [3.63, 3.8) is 0 Å². The van der Waals surface area contributed by atoms with Gasteiger partial charge in [-0.1, -0.05) is 11.6 Å². The molecule has 3 nitrogen and oxygen atoms in total. The summed E-state index contributed by atoms with van der Waals surface area (Å²) < 4.78 is 18.8. The van der Waals surface area contributed by atoms with Gasteiger partial charge in [-0.3, -0.25) is 4.79 Å². The van der Waals surface area contributed by atoms with Gasteiger partial charge in [0.25, 0.3) is 0 Å². The zero-order chi connectivity index (χ0) is 14.4. The van der Waals surface area contributed by atoms with Crippen LogP contribution >= 0.6 is 11.6 Å². The number of hydrogen-bond donors (Lipinski definition) is 1. The van der Waals surface area contributed by atoms with E-state index in [4.69, 9.17) is 16.3 Å². The molecule has 110 valence electrons. The predicted molar refractivity (Wildman–Crippen MR) is 76.6 cm³/mol. The molecule has 0 spiro atoms. The molecule has 1 N–H and O–H groups in total. The standard InChI is InChI=1S/C15H19ClFNO2/c16-15-2-1-12(17)9-11(15)10-13(19)5-8-20-14-3-6-18-7-4-14/h1-2,9,14,18H,3-8,10H2. The quantitative estimate of drug-likeness (QED) is 0.878. The Morgan fingerprint density at radius 1 is 1.40 bits per heavy atom. The maximum atomic E-state index is 13.1. The maximum absolute atomic E-state index is 13.1. The van der Waals surface area contributed by atoms with Gasteiger partial charge in [0.1, 0.15) is 11.6 Å². The molecule has 0 amide bonds. The second-order valence-electron chi connectivity index (χ2n) is 5.02. The number of ketones is 1. The molecule has 0 radical (unpaired) electrons. The molecular weight excluding hydrogens is 281 g/mol. The first kappa shape index (κ1) is 15.4. The van der Waals surface area contributed by atoms with E-state index in [9.17, 15) is 9.18 Å². The summed E-state index contributed by atoms with van der Waals surface area (Å²) in [4.78, 5) is 11.8. The number of carbonyl (C=O) groups excluding carboxylic acids is 1. The summed E-state index contributed by atoms with van der Waals surface area (Å²) in [6, 6.07) is 4.08. The van der Waals surface area contributed by atoms with E-state index in [2.05, 4.69) is 5.32 Å². The molecule has 0 aromatic heterocycles. The Morgan fingerprint density at radius 2 is 2.15 bits per heavy atom. The van der Waals surface area contributed by atoms with E-state index in [0.29, 0.717) is 23.6 Å². The van der Waals surface area contributed by atoms with Gasteiger partial charge in [-0.05, 0) is 49.7 Å². The summed E-state index contributed by atoms with van der Waals surface area (Å²) in [6.07, 6.45) is 2.73. The minimum Gasteiger partial charge on any atom is -0.378 e. The van der Waals surface area contributed by atoms with Crippen molar-refractivity contribution in [2.45, 2.75) is 31.8 Å². The van der Waals surface area contributed by atoms with Gasteiger partial charge < -0.3 is 10.1 Å². The highest BCUT2D eigenvalue weighted by molar-refractivity contribution is 6.31. The van der Waals surface area contributed by atoms with Crippen molar-refractivity contribution in [3.05, 3.63) is 34.6 Å². The van der Waals surface area contributed by atoms with Crippen molar-refractivity contribution >= 4 is 17.4 Å². The number of nitrogens with one attached hydrogen (secondary N) is 1. The van der Waals surface area contributed by atoms with Crippen molar-refractivity contribution in [1.29, 1.82) is 0 Å². The first-order valence-electron chi connectivity index (χ1n) is 6.93. The molecule has 5 heteroatoms. The highest BCUT2D eigenvalue weighted by Gasteiger charge is 2.14. The second-order valence-corrected chi connectivity index (χ2v) is 5.43. The largest absolute Gasteiger partial charge is 0.378 e. The Kier molecular flexibility index (Phi) is 5.95.